The molecule has 19 heavy (non-hydrogen) atoms. The van der Waals surface area contributed by atoms with Crippen molar-refractivity contribution in [3.8, 4) is 0 Å². The van der Waals surface area contributed by atoms with Crippen molar-refractivity contribution in [2.24, 2.45) is 0 Å². The highest BCUT2D eigenvalue weighted by Gasteiger charge is 2.29. The van der Waals surface area contributed by atoms with Gasteiger partial charge in [0.1, 0.15) is 0 Å². The van der Waals surface area contributed by atoms with Gasteiger partial charge in [0, 0.05) is 12.7 Å². The van der Waals surface area contributed by atoms with E-state index < -0.39 is 0 Å². The molecule has 2 aromatic rings. The molecule has 3 heterocycles. The summed E-state index contributed by atoms with van der Waals surface area (Å²) in [7, 11) is 0. The van der Waals surface area contributed by atoms with Crippen molar-refractivity contribution in [1.82, 2.24) is 9.88 Å². The first-order valence-electron chi connectivity index (χ1n) is 6.61. The monoisotopic (exact) mass is 272 g/mol. The molecule has 1 aliphatic heterocycles. The molecule has 1 fully saturated rings. The molecule has 4 heteroatoms. The summed E-state index contributed by atoms with van der Waals surface area (Å²) in [6.07, 6.45) is 5.06. The van der Waals surface area contributed by atoms with E-state index in [1.54, 1.807) is 6.20 Å². The van der Waals surface area contributed by atoms with Crippen LogP contribution in [0.25, 0.3) is 0 Å². The second-order valence-electron chi connectivity index (χ2n) is 4.74. The number of amides is 1. The molecule has 0 radical (unpaired) electrons. The Morgan fingerprint density at radius 3 is 2.95 bits per heavy atom. The van der Waals surface area contributed by atoms with E-state index in [1.807, 2.05) is 40.6 Å². The number of thiophene rings is 1. The standard InChI is InChI=1S/C15H16N2OS/c18-15(14-8-5-11-19-14)17-10-4-2-7-13(17)12-6-1-3-9-16-12/h1,3,5-6,8-9,11,13H,2,4,7,10H2/t13-/m1/s1. The molecular weight excluding hydrogens is 256 g/mol. The Hall–Kier alpha value is -1.68. The maximum atomic E-state index is 12.6. The van der Waals surface area contributed by atoms with Gasteiger partial charge >= 0.3 is 0 Å². The van der Waals surface area contributed by atoms with E-state index in [0.717, 1.165) is 36.4 Å². The highest BCUT2D eigenvalue weighted by atomic mass is 32.1. The van der Waals surface area contributed by atoms with Crippen LogP contribution in [0.4, 0.5) is 0 Å². The maximum Gasteiger partial charge on any atom is 0.264 e. The van der Waals surface area contributed by atoms with Crippen molar-refractivity contribution >= 4 is 17.2 Å². The van der Waals surface area contributed by atoms with E-state index >= 15 is 0 Å². The van der Waals surface area contributed by atoms with Crippen molar-refractivity contribution in [1.29, 1.82) is 0 Å². The lowest BCUT2D eigenvalue weighted by molar-refractivity contribution is 0.0611. The fraction of sp³-hybridized carbons (Fsp3) is 0.333. The van der Waals surface area contributed by atoms with Crippen LogP contribution in [0.5, 0.6) is 0 Å². The molecule has 3 rings (SSSR count). The van der Waals surface area contributed by atoms with Gasteiger partial charge in [-0.1, -0.05) is 12.1 Å². The number of aromatic nitrogens is 1. The molecule has 0 saturated carbocycles. The Morgan fingerprint density at radius 1 is 1.26 bits per heavy atom. The fourth-order valence-corrected chi connectivity index (χ4v) is 3.28. The number of carbonyl (C=O) groups excluding carboxylic acids is 1. The average molecular weight is 272 g/mol. The van der Waals surface area contributed by atoms with Crippen LogP contribution in [0.3, 0.4) is 0 Å². The minimum absolute atomic E-state index is 0.129. The molecule has 0 bridgehead atoms. The van der Waals surface area contributed by atoms with Gasteiger partial charge in [-0.25, -0.2) is 0 Å². The molecule has 1 atom stereocenters. The van der Waals surface area contributed by atoms with Crippen LogP contribution in [0, 0.1) is 0 Å². The van der Waals surface area contributed by atoms with Gasteiger partial charge in [-0.3, -0.25) is 9.78 Å². The zero-order chi connectivity index (χ0) is 13.1. The second kappa shape index (κ2) is 5.53. The number of hydrogen-bond donors (Lipinski definition) is 0. The van der Waals surface area contributed by atoms with E-state index in [-0.39, 0.29) is 11.9 Å². The quantitative estimate of drug-likeness (QED) is 0.838. The summed E-state index contributed by atoms with van der Waals surface area (Å²) < 4.78 is 0. The van der Waals surface area contributed by atoms with Crippen molar-refractivity contribution in [2.75, 3.05) is 6.54 Å². The number of piperidine rings is 1. The third kappa shape index (κ3) is 2.54. The number of nitrogens with zero attached hydrogens (tertiary/aromatic N) is 2. The largest absolute Gasteiger partial charge is 0.329 e. The molecule has 0 N–H and O–H groups in total. The molecule has 0 spiro atoms. The van der Waals surface area contributed by atoms with Gasteiger partial charge < -0.3 is 4.90 Å². The van der Waals surface area contributed by atoms with Crippen molar-refractivity contribution in [3.63, 3.8) is 0 Å². The number of pyridine rings is 1. The predicted octanol–water partition coefficient (Wildman–Crippen LogP) is 3.51. The molecule has 0 unspecified atom stereocenters. The molecule has 0 aliphatic carbocycles. The maximum absolute atomic E-state index is 12.6. The summed E-state index contributed by atoms with van der Waals surface area (Å²) in [6.45, 7) is 0.831. The van der Waals surface area contributed by atoms with Crippen molar-refractivity contribution < 1.29 is 4.79 Å². The highest BCUT2D eigenvalue weighted by Crippen LogP contribution is 2.31. The molecule has 0 aromatic carbocycles. The molecule has 3 nitrogen and oxygen atoms in total. The lowest BCUT2D eigenvalue weighted by Crippen LogP contribution is -2.38. The molecule has 1 saturated heterocycles. The minimum atomic E-state index is 0.129. The fourth-order valence-electron chi connectivity index (χ4n) is 2.60. The first-order valence-corrected chi connectivity index (χ1v) is 7.49. The summed E-state index contributed by atoms with van der Waals surface area (Å²) in [6, 6.07) is 9.88. The Kier molecular flexibility index (Phi) is 3.60. The number of rotatable bonds is 2. The molecule has 1 amide bonds. The summed E-state index contributed by atoms with van der Waals surface area (Å²) in [5.74, 6) is 0.144. The zero-order valence-electron chi connectivity index (χ0n) is 10.7. The van der Waals surface area contributed by atoms with Crippen molar-refractivity contribution in [2.45, 2.75) is 25.3 Å². The van der Waals surface area contributed by atoms with E-state index in [1.165, 1.54) is 11.3 Å². The van der Waals surface area contributed by atoms with Gasteiger partial charge in [0.15, 0.2) is 0 Å². The lowest BCUT2D eigenvalue weighted by atomic mass is 9.98. The van der Waals surface area contributed by atoms with Gasteiger partial charge in [-0.05, 0) is 42.8 Å². The van der Waals surface area contributed by atoms with Gasteiger partial charge in [0.2, 0.25) is 0 Å². The van der Waals surface area contributed by atoms with Crippen LogP contribution in [-0.4, -0.2) is 22.3 Å². The molecular formula is C15H16N2OS. The van der Waals surface area contributed by atoms with Crippen LogP contribution in [0.15, 0.2) is 41.9 Å². The third-order valence-corrected chi connectivity index (χ3v) is 4.38. The minimum Gasteiger partial charge on any atom is -0.329 e. The van der Waals surface area contributed by atoms with E-state index in [0.29, 0.717) is 0 Å². The number of hydrogen-bond acceptors (Lipinski definition) is 3. The lowest BCUT2D eigenvalue weighted by Gasteiger charge is -2.35. The van der Waals surface area contributed by atoms with Gasteiger partial charge in [-0.15, -0.1) is 11.3 Å². The van der Waals surface area contributed by atoms with Crippen LogP contribution in [0.2, 0.25) is 0 Å². The summed E-state index contributed by atoms with van der Waals surface area (Å²) in [4.78, 5) is 19.8. The normalized spacial score (nSPS) is 19.4. The van der Waals surface area contributed by atoms with E-state index in [4.69, 9.17) is 0 Å². The summed E-state index contributed by atoms with van der Waals surface area (Å²) >= 11 is 1.51. The summed E-state index contributed by atoms with van der Waals surface area (Å²) in [5.41, 5.74) is 1.01. The SMILES string of the molecule is O=C(c1cccs1)N1CCCC[C@@H]1c1ccccn1. The van der Waals surface area contributed by atoms with Crippen molar-refractivity contribution in [3.05, 3.63) is 52.5 Å². The molecule has 2 aromatic heterocycles. The van der Waals surface area contributed by atoms with Crippen LogP contribution < -0.4 is 0 Å². The second-order valence-corrected chi connectivity index (χ2v) is 5.69. The van der Waals surface area contributed by atoms with Crippen LogP contribution in [-0.2, 0) is 0 Å². The molecule has 1 aliphatic rings. The van der Waals surface area contributed by atoms with Gasteiger partial charge in [-0.2, -0.15) is 0 Å². The Balaban J connectivity index is 1.87. The molecule has 98 valence electrons. The van der Waals surface area contributed by atoms with Crippen LogP contribution in [0.1, 0.15) is 40.7 Å². The Bertz CT molecular complexity index is 539. The zero-order valence-corrected chi connectivity index (χ0v) is 11.5. The Morgan fingerprint density at radius 2 is 2.21 bits per heavy atom. The van der Waals surface area contributed by atoms with E-state index in [2.05, 4.69) is 4.98 Å². The Labute approximate surface area is 116 Å². The third-order valence-electron chi connectivity index (χ3n) is 3.52. The highest BCUT2D eigenvalue weighted by molar-refractivity contribution is 7.12. The van der Waals surface area contributed by atoms with Gasteiger partial charge in [0.05, 0.1) is 16.6 Å². The predicted molar refractivity (Wildman–Crippen MR) is 76.2 cm³/mol. The smallest absolute Gasteiger partial charge is 0.264 e. The van der Waals surface area contributed by atoms with Gasteiger partial charge in [0.25, 0.3) is 5.91 Å². The topological polar surface area (TPSA) is 33.2 Å². The first kappa shape index (κ1) is 12.4. The average Bonchev–Trinajstić information content (AvgIpc) is 3.02. The number of carbonyl (C=O) groups is 1. The summed E-state index contributed by atoms with van der Waals surface area (Å²) in [5, 5.41) is 1.95. The number of likely N-dealkylation sites (tertiary alicyclic amines) is 1. The van der Waals surface area contributed by atoms with Crippen LogP contribution >= 0.6 is 11.3 Å². The van der Waals surface area contributed by atoms with E-state index in [9.17, 15) is 4.79 Å². The first-order chi connectivity index (χ1) is 9.36.